The molecular formula is C15H21IN2O2. The molecule has 0 atom stereocenters. The molecule has 3 rings (SSSR count). The second-order valence-corrected chi connectivity index (χ2v) is 7.35. The maximum atomic E-state index is 12.2. The summed E-state index contributed by atoms with van der Waals surface area (Å²) in [7, 11) is 1.74. The van der Waals surface area contributed by atoms with Gasteiger partial charge in [0.05, 0.1) is 9.26 Å². The standard InChI is InChI=1S/C15H21IN2O2/c1-9-5-7-15(20-2,8-6-9)14-17-12(10-3-4-10)11(16)13(19)18-14/h9-10H,3-8H2,1-2H3,(H,17,18,19). The van der Waals surface area contributed by atoms with Crippen LogP contribution in [0.25, 0.3) is 0 Å². The van der Waals surface area contributed by atoms with Gasteiger partial charge in [0.1, 0.15) is 11.4 Å². The summed E-state index contributed by atoms with van der Waals surface area (Å²) in [4.78, 5) is 20.0. The van der Waals surface area contributed by atoms with E-state index in [1.807, 2.05) is 0 Å². The number of aromatic amines is 1. The van der Waals surface area contributed by atoms with E-state index in [1.54, 1.807) is 7.11 Å². The Hall–Kier alpha value is -0.430. The van der Waals surface area contributed by atoms with Crippen LogP contribution in [-0.2, 0) is 10.3 Å². The molecule has 0 amide bonds. The van der Waals surface area contributed by atoms with Gasteiger partial charge in [0.15, 0.2) is 0 Å². The number of rotatable bonds is 3. The van der Waals surface area contributed by atoms with E-state index in [4.69, 9.17) is 9.72 Å². The Morgan fingerprint density at radius 1 is 1.30 bits per heavy atom. The third-order valence-corrected chi connectivity index (χ3v) is 5.80. The first-order valence-electron chi connectivity index (χ1n) is 7.41. The lowest BCUT2D eigenvalue weighted by Crippen LogP contribution is -2.37. The van der Waals surface area contributed by atoms with E-state index in [9.17, 15) is 4.79 Å². The van der Waals surface area contributed by atoms with Gasteiger partial charge in [-0.1, -0.05) is 6.92 Å². The third kappa shape index (κ3) is 2.54. The van der Waals surface area contributed by atoms with Crippen LogP contribution < -0.4 is 5.56 Å². The first-order chi connectivity index (χ1) is 9.55. The molecule has 2 aliphatic rings. The van der Waals surface area contributed by atoms with E-state index in [0.29, 0.717) is 5.92 Å². The SMILES string of the molecule is COC1(c2nc(C3CC3)c(I)c(=O)[nH]2)CCC(C)CC1. The monoisotopic (exact) mass is 388 g/mol. The topological polar surface area (TPSA) is 55.0 Å². The Morgan fingerprint density at radius 2 is 1.95 bits per heavy atom. The van der Waals surface area contributed by atoms with E-state index in [-0.39, 0.29) is 11.2 Å². The number of H-pyrrole nitrogens is 1. The molecule has 1 heterocycles. The van der Waals surface area contributed by atoms with Crippen molar-refractivity contribution in [1.29, 1.82) is 0 Å². The fourth-order valence-corrected chi connectivity index (χ4v) is 3.78. The van der Waals surface area contributed by atoms with Gasteiger partial charge in [-0.05, 0) is 67.0 Å². The third-order valence-electron chi connectivity index (χ3n) is 4.76. The average molecular weight is 388 g/mol. The largest absolute Gasteiger partial charge is 0.370 e. The quantitative estimate of drug-likeness (QED) is 0.809. The lowest BCUT2D eigenvalue weighted by molar-refractivity contribution is -0.0600. The summed E-state index contributed by atoms with van der Waals surface area (Å²) in [6.45, 7) is 2.28. The molecule has 1 aromatic heterocycles. The summed E-state index contributed by atoms with van der Waals surface area (Å²) < 4.78 is 6.58. The van der Waals surface area contributed by atoms with Crippen molar-refractivity contribution >= 4 is 22.6 Å². The van der Waals surface area contributed by atoms with Crippen molar-refractivity contribution in [2.75, 3.05) is 7.11 Å². The van der Waals surface area contributed by atoms with Gasteiger partial charge in [0, 0.05) is 13.0 Å². The molecule has 0 radical (unpaired) electrons. The minimum absolute atomic E-state index is 0.00690. The highest BCUT2D eigenvalue weighted by atomic mass is 127. The first-order valence-corrected chi connectivity index (χ1v) is 8.49. The van der Waals surface area contributed by atoms with Crippen LogP contribution >= 0.6 is 22.6 Å². The number of aromatic nitrogens is 2. The minimum Gasteiger partial charge on any atom is -0.370 e. The minimum atomic E-state index is -0.389. The molecule has 2 aliphatic carbocycles. The molecule has 0 unspecified atom stereocenters. The van der Waals surface area contributed by atoms with Crippen LogP contribution in [0.1, 0.15) is 62.9 Å². The van der Waals surface area contributed by atoms with E-state index in [0.717, 1.165) is 59.5 Å². The van der Waals surface area contributed by atoms with E-state index >= 15 is 0 Å². The van der Waals surface area contributed by atoms with Gasteiger partial charge in [0.25, 0.3) is 5.56 Å². The molecule has 1 N–H and O–H groups in total. The van der Waals surface area contributed by atoms with Gasteiger partial charge < -0.3 is 9.72 Å². The van der Waals surface area contributed by atoms with Crippen molar-refractivity contribution in [1.82, 2.24) is 9.97 Å². The van der Waals surface area contributed by atoms with Crippen LogP contribution in [0.3, 0.4) is 0 Å². The molecular weight excluding hydrogens is 367 g/mol. The lowest BCUT2D eigenvalue weighted by Gasteiger charge is -2.37. The van der Waals surface area contributed by atoms with Crippen LogP contribution in [0, 0.1) is 9.49 Å². The molecule has 0 bridgehead atoms. The zero-order valence-electron chi connectivity index (χ0n) is 12.0. The van der Waals surface area contributed by atoms with Crippen LogP contribution in [0.15, 0.2) is 4.79 Å². The lowest BCUT2D eigenvalue weighted by atomic mass is 9.79. The number of halogens is 1. The summed E-state index contributed by atoms with van der Waals surface area (Å²) in [5.74, 6) is 1.97. The number of hydrogen-bond donors (Lipinski definition) is 1. The maximum absolute atomic E-state index is 12.2. The van der Waals surface area contributed by atoms with Crippen LogP contribution in [0.2, 0.25) is 0 Å². The van der Waals surface area contributed by atoms with E-state index in [2.05, 4.69) is 34.5 Å². The molecule has 2 saturated carbocycles. The van der Waals surface area contributed by atoms with Crippen molar-refractivity contribution in [2.24, 2.45) is 5.92 Å². The van der Waals surface area contributed by atoms with Crippen LogP contribution in [0.4, 0.5) is 0 Å². The zero-order chi connectivity index (χ0) is 14.3. The molecule has 110 valence electrons. The Bertz CT molecular complexity index is 557. The van der Waals surface area contributed by atoms with Gasteiger partial charge >= 0.3 is 0 Å². The smallest absolute Gasteiger partial charge is 0.264 e. The average Bonchev–Trinajstić information content (AvgIpc) is 3.27. The molecule has 1 aromatic rings. The van der Waals surface area contributed by atoms with Gasteiger partial charge in [-0.2, -0.15) is 0 Å². The predicted octanol–water partition coefficient (Wildman–Crippen LogP) is 3.30. The predicted molar refractivity (Wildman–Crippen MR) is 85.9 cm³/mol. The maximum Gasteiger partial charge on any atom is 0.264 e. The Balaban J connectivity index is 2.01. The summed E-state index contributed by atoms with van der Waals surface area (Å²) in [6.07, 6.45) is 6.45. The van der Waals surface area contributed by atoms with Gasteiger partial charge in [-0.3, -0.25) is 4.79 Å². The second-order valence-electron chi connectivity index (χ2n) is 6.27. The van der Waals surface area contributed by atoms with Gasteiger partial charge in [-0.15, -0.1) is 0 Å². The summed E-state index contributed by atoms with van der Waals surface area (Å²) >= 11 is 2.12. The zero-order valence-corrected chi connectivity index (χ0v) is 14.2. The van der Waals surface area contributed by atoms with Crippen molar-refractivity contribution in [3.63, 3.8) is 0 Å². The molecule has 0 aromatic carbocycles. The Kier molecular flexibility index (Phi) is 3.92. The van der Waals surface area contributed by atoms with Crippen LogP contribution in [0.5, 0.6) is 0 Å². The van der Waals surface area contributed by atoms with Crippen molar-refractivity contribution in [3.8, 4) is 0 Å². The summed E-state index contributed by atoms with van der Waals surface area (Å²) in [5.41, 5.74) is 0.589. The summed E-state index contributed by atoms with van der Waals surface area (Å²) in [6, 6.07) is 0. The molecule has 2 fully saturated rings. The fourth-order valence-electron chi connectivity index (χ4n) is 3.09. The van der Waals surface area contributed by atoms with Gasteiger partial charge in [0.2, 0.25) is 0 Å². The molecule has 0 saturated heterocycles. The van der Waals surface area contributed by atoms with Crippen molar-refractivity contribution < 1.29 is 4.74 Å². The second kappa shape index (κ2) is 5.40. The molecule has 0 aliphatic heterocycles. The summed E-state index contributed by atoms with van der Waals surface area (Å²) in [5, 5.41) is 0. The number of hydrogen-bond acceptors (Lipinski definition) is 3. The Morgan fingerprint density at radius 3 is 2.50 bits per heavy atom. The number of nitrogens with one attached hydrogen (secondary N) is 1. The number of methoxy groups -OCH3 is 1. The highest BCUT2D eigenvalue weighted by Gasteiger charge is 2.40. The number of ether oxygens (including phenoxy) is 1. The normalized spacial score (nSPS) is 30.4. The molecule has 20 heavy (non-hydrogen) atoms. The fraction of sp³-hybridized carbons (Fsp3) is 0.733. The highest BCUT2D eigenvalue weighted by molar-refractivity contribution is 14.1. The van der Waals surface area contributed by atoms with Crippen molar-refractivity contribution in [2.45, 2.75) is 57.0 Å². The van der Waals surface area contributed by atoms with Crippen molar-refractivity contribution in [3.05, 3.63) is 25.4 Å². The number of nitrogens with zero attached hydrogens (tertiary/aromatic N) is 1. The van der Waals surface area contributed by atoms with E-state index < -0.39 is 0 Å². The molecule has 0 spiro atoms. The van der Waals surface area contributed by atoms with E-state index in [1.165, 1.54) is 0 Å². The van der Waals surface area contributed by atoms with Crippen LogP contribution in [-0.4, -0.2) is 17.1 Å². The first kappa shape index (κ1) is 14.5. The molecule has 4 nitrogen and oxygen atoms in total. The highest BCUT2D eigenvalue weighted by Crippen LogP contribution is 2.43. The molecule has 5 heteroatoms. The Labute approximate surface area is 132 Å². The van der Waals surface area contributed by atoms with Gasteiger partial charge in [-0.25, -0.2) is 4.98 Å².